The molecule has 0 aliphatic carbocycles. The SMILES string of the molecule is CCCCCCCCCCCCOCC(COC(=O)CS(=O)(=O)[O-])OC(=O)CS(=O)(=O)[O-].[Na+].[Na+]. The molecular weight excluding hydrogens is 514 g/mol. The van der Waals surface area contributed by atoms with Crippen LogP contribution in [0, 0.1) is 0 Å². The van der Waals surface area contributed by atoms with E-state index in [0.29, 0.717) is 6.61 Å². The van der Waals surface area contributed by atoms with Crippen LogP contribution in [0.15, 0.2) is 0 Å². The minimum absolute atomic E-state index is 0. The Bertz CT molecular complexity index is 743. The molecule has 0 aliphatic heterocycles. The van der Waals surface area contributed by atoms with Crippen LogP contribution in [0.25, 0.3) is 0 Å². The van der Waals surface area contributed by atoms with E-state index in [1.54, 1.807) is 0 Å². The molecule has 0 amide bonds. The first-order valence-corrected chi connectivity index (χ1v) is 13.9. The number of rotatable bonds is 20. The summed E-state index contributed by atoms with van der Waals surface area (Å²) in [6, 6.07) is 0. The van der Waals surface area contributed by atoms with Crippen molar-refractivity contribution in [1.29, 1.82) is 0 Å². The van der Waals surface area contributed by atoms with Crippen LogP contribution in [0.5, 0.6) is 0 Å². The fraction of sp³-hybridized carbons (Fsp3) is 0.895. The first-order chi connectivity index (χ1) is 14.9. The van der Waals surface area contributed by atoms with Gasteiger partial charge in [0.15, 0.2) is 6.10 Å². The number of hydrogen-bond acceptors (Lipinski definition) is 11. The van der Waals surface area contributed by atoms with E-state index in [0.717, 1.165) is 25.7 Å². The summed E-state index contributed by atoms with van der Waals surface area (Å²) in [5, 5.41) is 0. The third-order valence-corrected chi connectivity index (χ3v) is 5.44. The van der Waals surface area contributed by atoms with E-state index in [9.17, 15) is 35.5 Å². The van der Waals surface area contributed by atoms with E-state index < -0.39 is 56.4 Å². The molecule has 1 unspecified atom stereocenters. The van der Waals surface area contributed by atoms with Gasteiger partial charge in [-0.15, -0.1) is 0 Å². The van der Waals surface area contributed by atoms with Crippen molar-refractivity contribution in [2.75, 3.05) is 31.3 Å². The Morgan fingerprint density at radius 3 is 1.62 bits per heavy atom. The van der Waals surface area contributed by atoms with Crippen LogP contribution in [0.3, 0.4) is 0 Å². The average molecular weight is 549 g/mol. The summed E-state index contributed by atoms with van der Waals surface area (Å²) >= 11 is 0. The molecule has 0 saturated heterocycles. The van der Waals surface area contributed by atoms with E-state index >= 15 is 0 Å². The monoisotopic (exact) mass is 548 g/mol. The molecule has 11 nitrogen and oxygen atoms in total. The second-order valence-corrected chi connectivity index (χ2v) is 10.3. The van der Waals surface area contributed by atoms with Crippen molar-refractivity contribution in [2.45, 2.75) is 77.2 Å². The Morgan fingerprint density at radius 2 is 1.15 bits per heavy atom. The summed E-state index contributed by atoms with van der Waals surface area (Å²) in [6.07, 6.45) is 10.1. The van der Waals surface area contributed by atoms with Gasteiger partial charge in [0.05, 0.1) is 6.61 Å². The average Bonchev–Trinajstić information content (AvgIpc) is 2.63. The van der Waals surface area contributed by atoms with Gasteiger partial charge in [0.1, 0.15) is 38.3 Å². The van der Waals surface area contributed by atoms with Crippen molar-refractivity contribution < 1.29 is 109 Å². The molecule has 0 aromatic carbocycles. The van der Waals surface area contributed by atoms with E-state index in [-0.39, 0.29) is 65.7 Å². The smallest absolute Gasteiger partial charge is 0.748 e. The number of carbonyl (C=O) groups is 2. The molecule has 34 heavy (non-hydrogen) atoms. The number of esters is 2. The van der Waals surface area contributed by atoms with Gasteiger partial charge in [-0.3, -0.25) is 9.59 Å². The van der Waals surface area contributed by atoms with Gasteiger partial charge in [0.25, 0.3) is 0 Å². The minimum Gasteiger partial charge on any atom is -0.748 e. The minimum atomic E-state index is -4.87. The van der Waals surface area contributed by atoms with Gasteiger partial charge in [-0.05, 0) is 6.42 Å². The first kappa shape index (κ1) is 39.2. The molecule has 0 saturated carbocycles. The van der Waals surface area contributed by atoms with Gasteiger partial charge in [-0.25, -0.2) is 16.8 Å². The molecule has 0 aromatic rings. The molecule has 0 radical (unpaired) electrons. The van der Waals surface area contributed by atoms with Gasteiger partial charge >= 0.3 is 71.1 Å². The van der Waals surface area contributed by atoms with Crippen molar-refractivity contribution >= 4 is 32.2 Å². The standard InChI is InChI=1S/C19H36O11S2.2Na/c1-2-3-4-5-6-7-8-9-10-11-12-28-13-17(30-19(21)16-32(25,26)27)14-29-18(20)15-31(22,23)24;;/h17H,2-16H2,1H3,(H,22,23,24)(H,25,26,27);;/q;2*+1/p-2. The Labute approximate surface area is 247 Å². The summed E-state index contributed by atoms with van der Waals surface area (Å²) in [5.74, 6) is -5.53. The molecule has 15 heteroatoms. The van der Waals surface area contributed by atoms with E-state index in [1.165, 1.54) is 38.5 Å². The van der Waals surface area contributed by atoms with Gasteiger partial charge in [-0.1, -0.05) is 64.7 Å². The van der Waals surface area contributed by atoms with Crippen LogP contribution in [0.1, 0.15) is 71.1 Å². The van der Waals surface area contributed by atoms with E-state index in [1.807, 2.05) is 0 Å². The van der Waals surface area contributed by atoms with Gasteiger partial charge in [-0.2, -0.15) is 0 Å². The molecule has 190 valence electrons. The Morgan fingerprint density at radius 1 is 0.706 bits per heavy atom. The van der Waals surface area contributed by atoms with Crippen molar-refractivity contribution in [2.24, 2.45) is 0 Å². The van der Waals surface area contributed by atoms with E-state index in [4.69, 9.17) is 9.47 Å². The molecule has 0 spiro atoms. The number of carbonyl (C=O) groups excluding carboxylic acids is 2. The third kappa shape index (κ3) is 29.0. The van der Waals surface area contributed by atoms with E-state index in [2.05, 4.69) is 11.7 Å². The van der Waals surface area contributed by atoms with Crippen molar-refractivity contribution in [1.82, 2.24) is 0 Å². The summed E-state index contributed by atoms with van der Waals surface area (Å²) in [4.78, 5) is 22.8. The zero-order valence-electron chi connectivity index (χ0n) is 20.5. The molecule has 0 fully saturated rings. The molecule has 1 atom stereocenters. The molecule has 0 bridgehead atoms. The van der Waals surface area contributed by atoms with Gasteiger partial charge in [0.2, 0.25) is 0 Å². The predicted octanol–water partition coefficient (Wildman–Crippen LogP) is -4.52. The Kier molecular flexibility index (Phi) is 26.4. The molecule has 0 heterocycles. The third-order valence-electron chi connectivity index (χ3n) is 4.26. The second-order valence-electron chi connectivity index (χ2n) is 7.46. The van der Waals surface area contributed by atoms with Crippen molar-refractivity contribution in [3.8, 4) is 0 Å². The van der Waals surface area contributed by atoms with Crippen LogP contribution in [0.2, 0.25) is 0 Å². The molecule has 0 aliphatic rings. The Balaban J connectivity index is -0.00000480. The van der Waals surface area contributed by atoms with Crippen LogP contribution in [0.4, 0.5) is 0 Å². The summed E-state index contributed by atoms with van der Waals surface area (Å²) in [5.41, 5.74) is 0. The normalized spacial score (nSPS) is 12.2. The predicted molar refractivity (Wildman–Crippen MR) is 113 cm³/mol. The quantitative estimate of drug-likeness (QED) is 0.0620. The van der Waals surface area contributed by atoms with Gasteiger partial charge < -0.3 is 23.3 Å². The second kappa shape index (κ2) is 22.9. The summed E-state index contributed by atoms with van der Waals surface area (Å²) in [6.45, 7) is 1.57. The molecule has 0 aromatic heterocycles. The maximum atomic E-state index is 11.5. The number of unbranched alkanes of at least 4 members (excludes halogenated alkanes) is 9. The molecular formula is C19H34Na2O11S2. The van der Waals surface area contributed by atoms with Crippen LogP contribution in [-0.2, 0) is 44.0 Å². The maximum absolute atomic E-state index is 11.5. The maximum Gasteiger partial charge on any atom is 1.00 e. The topological polar surface area (TPSA) is 176 Å². The number of hydrogen-bond donors (Lipinski definition) is 0. The van der Waals surface area contributed by atoms with Gasteiger partial charge in [0, 0.05) is 6.61 Å². The van der Waals surface area contributed by atoms with Crippen LogP contribution < -0.4 is 59.1 Å². The summed E-state index contributed by atoms with van der Waals surface area (Å²) < 4.78 is 78.3. The zero-order chi connectivity index (χ0) is 24.5. The fourth-order valence-electron chi connectivity index (χ4n) is 2.76. The number of ether oxygens (including phenoxy) is 3. The first-order valence-electron chi connectivity index (χ1n) is 10.7. The van der Waals surface area contributed by atoms with Crippen molar-refractivity contribution in [3.63, 3.8) is 0 Å². The van der Waals surface area contributed by atoms with Crippen LogP contribution in [-0.4, -0.2) is 75.3 Å². The van der Waals surface area contributed by atoms with Crippen molar-refractivity contribution in [3.05, 3.63) is 0 Å². The molecule has 0 rings (SSSR count). The molecule has 0 N–H and O–H groups in total. The largest absolute Gasteiger partial charge is 1.00 e. The Hall–Kier alpha value is 0.720. The fourth-order valence-corrected chi connectivity index (χ4v) is 3.49. The zero-order valence-corrected chi connectivity index (χ0v) is 26.1. The summed E-state index contributed by atoms with van der Waals surface area (Å²) in [7, 11) is -9.71. The van der Waals surface area contributed by atoms with Crippen LogP contribution >= 0.6 is 0 Å².